The van der Waals surface area contributed by atoms with E-state index in [1.807, 2.05) is 19.9 Å². The molecule has 3 rings (SSSR count). The van der Waals surface area contributed by atoms with Gasteiger partial charge >= 0.3 is 5.97 Å². The third kappa shape index (κ3) is 3.82. The predicted octanol–water partition coefficient (Wildman–Crippen LogP) is 3.50. The molecule has 2 aromatic heterocycles. The van der Waals surface area contributed by atoms with Crippen molar-refractivity contribution in [1.29, 1.82) is 0 Å². The molecule has 140 valence electrons. The molecule has 0 spiro atoms. The van der Waals surface area contributed by atoms with E-state index in [1.165, 1.54) is 16.2 Å². The molecular formula is C19H25N3O3S. The average molecular weight is 375 g/mol. The second kappa shape index (κ2) is 7.61. The number of nitrogens with zero attached hydrogens (tertiary/aromatic N) is 2. The number of nitrogens with one attached hydrogen (secondary N) is 1. The molecule has 1 N–H and O–H groups in total. The van der Waals surface area contributed by atoms with Crippen molar-refractivity contribution in [3.63, 3.8) is 0 Å². The number of fused-ring (bicyclic) bond motifs is 1. The van der Waals surface area contributed by atoms with E-state index >= 15 is 0 Å². The maximum absolute atomic E-state index is 12.5. The van der Waals surface area contributed by atoms with Crippen LogP contribution >= 0.6 is 11.3 Å². The normalized spacial score (nSPS) is 16.2. The minimum Gasteiger partial charge on any atom is -0.462 e. The van der Waals surface area contributed by atoms with E-state index in [0.717, 1.165) is 36.2 Å². The van der Waals surface area contributed by atoms with Crippen LogP contribution in [-0.4, -0.2) is 28.3 Å². The summed E-state index contributed by atoms with van der Waals surface area (Å²) in [5, 5.41) is 7.85. The first-order valence-corrected chi connectivity index (χ1v) is 9.83. The summed E-state index contributed by atoms with van der Waals surface area (Å²) >= 11 is 1.51. The number of carbonyl (C=O) groups excluding carboxylic acids is 2. The summed E-state index contributed by atoms with van der Waals surface area (Å²) in [6.07, 6.45) is 2.85. The second-order valence-electron chi connectivity index (χ2n) is 6.91. The Bertz CT molecular complexity index is 837. The van der Waals surface area contributed by atoms with Gasteiger partial charge in [-0.05, 0) is 57.6 Å². The lowest BCUT2D eigenvalue weighted by Crippen LogP contribution is -2.21. The molecule has 0 radical (unpaired) electrons. The van der Waals surface area contributed by atoms with Gasteiger partial charge in [0, 0.05) is 10.6 Å². The fourth-order valence-corrected chi connectivity index (χ4v) is 4.81. The Morgan fingerprint density at radius 2 is 2.19 bits per heavy atom. The minimum atomic E-state index is -0.346. The van der Waals surface area contributed by atoms with Crippen LogP contribution in [0.4, 0.5) is 5.00 Å². The van der Waals surface area contributed by atoms with E-state index in [-0.39, 0.29) is 18.4 Å². The van der Waals surface area contributed by atoms with Gasteiger partial charge in [-0.15, -0.1) is 11.3 Å². The molecule has 1 aliphatic carbocycles. The first kappa shape index (κ1) is 18.6. The first-order valence-electron chi connectivity index (χ1n) is 9.01. The Morgan fingerprint density at radius 3 is 2.85 bits per heavy atom. The van der Waals surface area contributed by atoms with Gasteiger partial charge in [-0.3, -0.25) is 9.48 Å². The van der Waals surface area contributed by atoms with Gasteiger partial charge in [0.2, 0.25) is 5.91 Å². The molecular weight excluding hydrogens is 350 g/mol. The molecule has 0 unspecified atom stereocenters. The van der Waals surface area contributed by atoms with Crippen LogP contribution in [-0.2, 0) is 28.9 Å². The molecule has 6 nitrogen and oxygen atoms in total. The van der Waals surface area contributed by atoms with Crippen molar-refractivity contribution in [2.45, 2.75) is 53.5 Å². The van der Waals surface area contributed by atoms with Crippen LogP contribution in [0, 0.1) is 19.8 Å². The van der Waals surface area contributed by atoms with Gasteiger partial charge in [-0.2, -0.15) is 5.10 Å². The van der Waals surface area contributed by atoms with E-state index in [9.17, 15) is 9.59 Å². The first-order chi connectivity index (χ1) is 12.4. The summed E-state index contributed by atoms with van der Waals surface area (Å²) in [5.74, 6) is 0.0591. The lowest BCUT2D eigenvalue weighted by molar-refractivity contribution is -0.116. The van der Waals surface area contributed by atoms with Gasteiger partial charge in [-0.1, -0.05) is 6.92 Å². The molecule has 1 aliphatic rings. The highest BCUT2D eigenvalue weighted by molar-refractivity contribution is 7.17. The van der Waals surface area contributed by atoms with Crippen molar-refractivity contribution >= 4 is 28.2 Å². The fourth-order valence-electron chi connectivity index (χ4n) is 3.40. The van der Waals surface area contributed by atoms with Crippen LogP contribution in [0.5, 0.6) is 0 Å². The second-order valence-corrected chi connectivity index (χ2v) is 8.01. The predicted molar refractivity (Wildman–Crippen MR) is 102 cm³/mol. The number of carbonyl (C=O) groups is 2. The van der Waals surface area contributed by atoms with Crippen molar-refractivity contribution in [1.82, 2.24) is 9.78 Å². The minimum absolute atomic E-state index is 0.126. The molecule has 0 saturated carbocycles. The molecule has 7 heteroatoms. The number of ether oxygens (including phenoxy) is 1. The molecule has 26 heavy (non-hydrogen) atoms. The molecule has 1 atom stereocenters. The van der Waals surface area contributed by atoms with Gasteiger partial charge in [0.05, 0.1) is 17.9 Å². The SMILES string of the molecule is CCOC(=O)c1c(NC(=O)Cn2nc(C)cc2C)sc2c1CC[C@H](C)C2. The molecule has 0 aliphatic heterocycles. The van der Waals surface area contributed by atoms with Crippen molar-refractivity contribution in [3.8, 4) is 0 Å². The monoisotopic (exact) mass is 375 g/mol. The maximum atomic E-state index is 12.5. The zero-order valence-corrected chi connectivity index (χ0v) is 16.5. The van der Waals surface area contributed by atoms with E-state index in [1.54, 1.807) is 11.6 Å². The Balaban J connectivity index is 1.85. The Hall–Kier alpha value is -2.15. The molecule has 0 aromatic carbocycles. The highest BCUT2D eigenvalue weighted by Gasteiger charge is 2.29. The van der Waals surface area contributed by atoms with Crippen LogP contribution in [0.25, 0.3) is 0 Å². The van der Waals surface area contributed by atoms with Crippen molar-refractivity contribution < 1.29 is 14.3 Å². The molecule has 2 aromatic rings. The number of hydrogen-bond acceptors (Lipinski definition) is 5. The summed E-state index contributed by atoms with van der Waals surface area (Å²) in [4.78, 5) is 26.2. The van der Waals surface area contributed by atoms with Gasteiger partial charge in [0.1, 0.15) is 11.5 Å². The number of anilines is 1. The summed E-state index contributed by atoms with van der Waals surface area (Å²) in [6.45, 7) is 8.27. The zero-order valence-electron chi connectivity index (χ0n) is 15.7. The van der Waals surface area contributed by atoms with Crippen LogP contribution in [0.15, 0.2) is 6.07 Å². The average Bonchev–Trinajstić information content (AvgIpc) is 3.06. The Labute approximate surface area is 157 Å². The topological polar surface area (TPSA) is 73.2 Å². The molecule has 1 amide bonds. The van der Waals surface area contributed by atoms with Crippen molar-refractivity contribution in [3.05, 3.63) is 33.5 Å². The lowest BCUT2D eigenvalue weighted by Gasteiger charge is -2.18. The van der Waals surface area contributed by atoms with Crippen LogP contribution in [0.1, 0.15) is 52.5 Å². The summed E-state index contributed by atoms with van der Waals surface area (Å²) in [5.41, 5.74) is 3.40. The van der Waals surface area contributed by atoms with Gasteiger partial charge in [0.25, 0.3) is 0 Å². The summed E-state index contributed by atoms with van der Waals surface area (Å²) in [7, 11) is 0. The van der Waals surface area contributed by atoms with Crippen LogP contribution < -0.4 is 5.32 Å². The van der Waals surface area contributed by atoms with Gasteiger partial charge < -0.3 is 10.1 Å². The number of aromatic nitrogens is 2. The largest absolute Gasteiger partial charge is 0.462 e. The van der Waals surface area contributed by atoms with E-state index in [4.69, 9.17) is 4.74 Å². The van der Waals surface area contributed by atoms with E-state index < -0.39 is 0 Å². The Morgan fingerprint density at radius 1 is 1.42 bits per heavy atom. The van der Waals surface area contributed by atoms with Gasteiger partial charge in [0.15, 0.2) is 0 Å². The Kier molecular flexibility index (Phi) is 5.46. The fraction of sp³-hybridized carbons (Fsp3) is 0.526. The smallest absolute Gasteiger partial charge is 0.341 e. The standard InChI is InChI=1S/C19H25N3O3S/c1-5-25-19(24)17-14-7-6-11(2)8-15(14)26-18(17)20-16(23)10-22-13(4)9-12(3)21-22/h9,11H,5-8,10H2,1-4H3,(H,20,23)/t11-/m0/s1. The molecule has 0 saturated heterocycles. The summed E-state index contributed by atoms with van der Waals surface area (Å²) < 4.78 is 6.91. The molecule has 2 heterocycles. The maximum Gasteiger partial charge on any atom is 0.341 e. The quantitative estimate of drug-likeness (QED) is 0.812. The van der Waals surface area contributed by atoms with E-state index in [2.05, 4.69) is 17.3 Å². The number of rotatable bonds is 5. The number of esters is 1. The highest BCUT2D eigenvalue weighted by atomic mass is 32.1. The number of aryl methyl sites for hydroxylation is 2. The van der Waals surface area contributed by atoms with Gasteiger partial charge in [-0.25, -0.2) is 4.79 Å². The zero-order chi connectivity index (χ0) is 18.8. The lowest BCUT2D eigenvalue weighted by atomic mass is 9.88. The van der Waals surface area contributed by atoms with Crippen LogP contribution in [0.3, 0.4) is 0 Å². The van der Waals surface area contributed by atoms with Crippen molar-refractivity contribution in [2.24, 2.45) is 5.92 Å². The summed E-state index contributed by atoms with van der Waals surface area (Å²) in [6, 6.07) is 1.93. The number of thiophene rings is 1. The van der Waals surface area contributed by atoms with Crippen LogP contribution in [0.2, 0.25) is 0 Å². The molecule has 0 fully saturated rings. The number of amides is 1. The van der Waals surface area contributed by atoms with Crippen molar-refractivity contribution in [2.75, 3.05) is 11.9 Å². The highest BCUT2D eigenvalue weighted by Crippen LogP contribution is 2.40. The molecule has 0 bridgehead atoms. The van der Waals surface area contributed by atoms with E-state index in [0.29, 0.717) is 23.1 Å². The third-order valence-corrected chi connectivity index (χ3v) is 5.81. The third-order valence-electron chi connectivity index (χ3n) is 4.64. The number of hydrogen-bond donors (Lipinski definition) is 1.